The molecule has 1 rings (SSSR count). The summed E-state index contributed by atoms with van der Waals surface area (Å²) in [4.78, 5) is 10.8. The second-order valence-electron chi connectivity index (χ2n) is 7.52. The summed E-state index contributed by atoms with van der Waals surface area (Å²) in [6.07, 6.45) is -2.06. The molecule has 0 heterocycles. The first-order valence-corrected chi connectivity index (χ1v) is 10.3. The minimum absolute atomic E-state index is 0.189. The molecule has 1 aromatic carbocycles. The third kappa shape index (κ3) is 8.95. The number of alkyl halides is 7. The maximum Gasteiger partial charge on any atom is 0.459 e. The van der Waals surface area contributed by atoms with Gasteiger partial charge in [-0.15, -0.1) is 0 Å². The zero-order valence-electron chi connectivity index (χ0n) is 17.1. The van der Waals surface area contributed by atoms with Gasteiger partial charge in [-0.1, -0.05) is 44.9 Å². The van der Waals surface area contributed by atoms with Crippen LogP contribution in [0.4, 0.5) is 36.4 Å². The SMILES string of the molecule is O=C(O)c1ccc(NCCCCCCCCCCCC(F)(F)C(F)(F)C(F)(F)F)cc1. The van der Waals surface area contributed by atoms with Crippen LogP contribution in [-0.4, -0.2) is 35.6 Å². The predicted octanol–water partition coefficient (Wildman–Crippen LogP) is 7.53. The van der Waals surface area contributed by atoms with E-state index < -0.39 is 30.4 Å². The van der Waals surface area contributed by atoms with E-state index in [0.29, 0.717) is 6.42 Å². The number of carboxylic acid groups (broad SMARTS) is 1. The summed E-state index contributed by atoms with van der Waals surface area (Å²) < 4.78 is 87.9. The maximum atomic E-state index is 13.1. The summed E-state index contributed by atoms with van der Waals surface area (Å²) in [7, 11) is 0. The van der Waals surface area contributed by atoms with Crippen molar-refractivity contribution in [1.29, 1.82) is 0 Å². The lowest BCUT2D eigenvalue weighted by Gasteiger charge is -2.28. The molecular formula is C21H28F7NO2. The number of anilines is 1. The van der Waals surface area contributed by atoms with Crippen molar-refractivity contribution in [2.75, 3.05) is 11.9 Å². The van der Waals surface area contributed by atoms with Gasteiger partial charge in [-0.3, -0.25) is 0 Å². The van der Waals surface area contributed by atoms with Gasteiger partial charge in [-0.25, -0.2) is 4.79 Å². The summed E-state index contributed by atoms with van der Waals surface area (Å²) in [5, 5.41) is 12.0. The van der Waals surface area contributed by atoms with Gasteiger partial charge in [0.05, 0.1) is 5.56 Å². The molecule has 0 aromatic heterocycles. The molecule has 0 atom stereocenters. The summed E-state index contributed by atoms with van der Waals surface area (Å²) in [6, 6.07) is 6.44. The lowest BCUT2D eigenvalue weighted by atomic mass is 10.0. The Morgan fingerprint density at radius 3 is 1.65 bits per heavy atom. The van der Waals surface area contributed by atoms with Crippen molar-refractivity contribution in [3.8, 4) is 0 Å². The van der Waals surface area contributed by atoms with Crippen LogP contribution in [0.15, 0.2) is 24.3 Å². The molecular weight excluding hydrogens is 431 g/mol. The Labute approximate surface area is 177 Å². The number of aromatic carboxylic acids is 1. The highest BCUT2D eigenvalue weighted by atomic mass is 19.4. The minimum Gasteiger partial charge on any atom is -0.478 e. The van der Waals surface area contributed by atoms with Gasteiger partial charge in [-0.2, -0.15) is 30.7 Å². The molecule has 0 fully saturated rings. The topological polar surface area (TPSA) is 49.3 Å². The van der Waals surface area contributed by atoms with Crippen molar-refractivity contribution in [3.63, 3.8) is 0 Å². The monoisotopic (exact) mass is 459 g/mol. The number of carboxylic acids is 1. The van der Waals surface area contributed by atoms with Crippen LogP contribution in [0.25, 0.3) is 0 Å². The van der Waals surface area contributed by atoms with Crippen molar-refractivity contribution in [2.24, 2.45) is 0 Å². The van der Waals surface area contributed by atoms with Crippen LogP contribution in [0.5, 0.6) is 0 Å². The second-order valence-corrected chi connectivity index (χ2v) is 7.52. The summed E-state index contributed by atoms with van der Waals surface area (Å²) in [6.45, 7) is 0.739. The number of hydrogen-bond donors (Lipinski definition) is 2. The Hall–Kier alpha value is -2.00. The normalized spacial score (nSPS) is 12.7. The quantitative estimate of drug-likeness (QED) is 0.211. The fourth-order valence-corrected chi connectivity index (χ4v) is 3.04. The van der Waals surface area contributed by atoms with Gasteiger partial charge in [0, 0.05) is 18.7 Å². The zero-order chi connectivity index (χ0) is 23.5. The Kier molecular flexibility index (Phi) is 10.6. The molecule has 0 bridgehead atoms. The van der Waals surface area contributed by atoms with E-state index in [-0.39, 0.29) is 18.4 Å². The van der Waals surface area contributed by atoms with Gasteiger partial charge in [0.1, 0.15) is 0 Å². The van der Waals surface area contributed by atoms with Gasteiger partial charge in [0.15, 0.2) is 0 Å². The molecule has 0 radical (unpaired) electrons. The lowest BCUT2D eigenvalue weighted by molar-refractivity contribution is -0.355. The van der Waals surface area contributed by atoms with Crippen LogP contribution >= 0.6 is 0 Å². The molecule has 0 unspecified atom stereocenters. The molecule has 3 nitrogen and oxygen atoms in total. The first-order valence-electron chi connectivity index (χ1n) is 10.3. The van der Waals surface area contributed by atoms with Gasteiger partial charge in [0.2, 0.25) is 0 Å². The van der Waals surface area contributed by atoms with Crippen molar-refractivity contribution in [2.45, 2.75) is 82.2 Å². The third-order valence-corrected chi connectivity index (χ3v) is 4.94. The molecule has 0 saturated carbocycles. The van der Waals surface area contributed by atoms with E-state index in [9.17, 15) is 35.5 Å². The van der Waals surface area contributed by atoms with E-state index in [1.807, 2.05) is 0 Å². The Bertz CT molecular complexity index is 661. The van der Waals surface area contributed by atoms with Crippen LogP contribution in [0.2, 0.25) is 0 Å². The highest BCUT2D eigenvalue weighted by molar-refractivity contribution is 5.87. The van der Waals surface area contributed by atoms with Gasteiger partial charge in [-0.05, 0) is 37.1 Å². The molecule has 178 valence electrons. The number of nitrogens with one attached hydrogen (secondary N) is 1. The minimum atomic E-state index is -6.25. The molecule has 2 N–H and O–H groups in total. The molecule has 1 aromatic rings. The van der Waals surface area contributed by atoms with E-state index in [1.165, 1.54) is 12.1 Å². The van der Waals surface area contributed by atoms with Crippen LogP contribution in [0.1, 0.15) is 74.6 Å². The number of unbranched alkanes of at least 4 members (excludes halogenated alkanes) is 8. The van der Waals surface area contributed by atoms with Crippen LogP contribution in [0.3, 0.4) is 0 Å². The second kappa shape index (κ2) is 12.1. The Morgan fingerprint density at radius 1 is 0.742 bits per heavy atom. The highest BCUT2D eigenvalue weighted by Crippen LogP contribution is 2.48. The number of benzene rings is 1. The number of hydrogen-bond acceptors (Lipinski definition) is 2. The molecule has 0 spiro atoms. The molecule has 31 heavy (non-hydrogen) atoms. The largest absolute Gasteiger partial charge is 0.478 e. The van der Waals surface area contributed by atoms with Gasteiger partial charge >= 0.3 is 24.0 Å². The van der Waals surface area contributed by atoms with E-state index in [0.717, 1.165) is 50.8 Å². The van der Waals surface area contributed by atoms with Gasteiger partial charge in [0.25, 0.3) is 0 Å². The van der Waals surface area contributed by atoms with E-state index in [2.05, 4.69) is 5.32 Å². The van der Waals surface area contributed by atoms with E-state index in [1.54, 1.807) is 12.1 Å². The number of halogens is 7. The van der Waals surface area contributed by atoms with Crippen molar-refractivity contribution < 1.29 is 40.6 Å². The standard InChI is InChI=1S/C21H28F7NO2/c22-19(23,20(24,25)21(26,27)28)14-8-6-4-2-1-3-5-7-9-15-29-17-12-10-16(11-13-17)18(30)31/h10-13,29H,1-9,14-15H2,(H,30,31). The maximum absolute atomic E-state index is 13.1. The van der Waals surface area contributed by atoms with E-state index >= 15 is 0 Å². The van der Waals surface area contributed by atoms with Crippen molar-refractivity contribution in [3.05, 3.63) is 29.8 Å². The van der Waals surface area contributed by atoms with Crippen LogP contribution < -0.4 is 5.32 Å². The number of rotatable bonds is 15. The third-order valence-electron chi connectivity index (χ3n) is 4.94. The predicted molar refractivity (Wildman–Crippen MR) is 104 cm³/mol. The molecule has 0 aliphatic carbocycles. The molecule has 0 aliphatic rings. The lowest BCUT2D eigenvalue weighted by Crippen LogP contribution is -2.51. The molecule has 0 aliphatic heterocycles. The highest BCUT2D eigenvalue weighted by Gasteiger charge is 2.72. The van der Waals surface area contributed by atoms with Gasteiger partial charge < -0.3 is 10.4 Å². The molecule has 0 saturated heterocycles. The zero-order valence-corrected chi connectivity index (χ0v) is 17.1. The fourth-order valence-electron chi connectivity index (χ4n) is 3.04. The first kappa shape index (κ1) is 27.0. The van der Waals surface area contributed by atoms with Crippen molar-refractivity contribution >= 4 is 11.7 Å². The van der Waals surface area contributed by atoms with Crippen LogP contribution in [-0.2, 0) is 0 Å². The average Bonchev–Trinajstić information content (AvgIpc) is 2.68. The Balaban J connectivity index is 2.02. The van der Waals surface area contributed by atoms with Crippen LogP contribution in [0, 0.1) is 0 Å². The average molecular weight is 459 g/mol. The molecule has 10 heteroatoms. The fraction of sp³-hybridized carbons (Fsp3) is 0.667. The summed E-state index contributed by atoms with van der Waals surface area (Å²) in [5.41, 5.74) is 1.06. The number of carbonyl (C=O) groups is 1. The summed E-state index contributed by atoms with van der Waals surface area (Å²) >= 11 is 0. The summed E-state index contributed by atoms with van der Waals surface area (Å²) in [5.74, 6) is -12.1. The Morgan fingerprint density at radius 2 is 1.19 bits per heavy atom. The molecule has 0 amide bonds. The van der Waals surface area contributed by atoms with E-state index in [4.69, 9.17) is 5.11 Å². The first-order chi connectivity index (χ1) is 14.4. The van der Waals surface area contributed by atoms with Crippen molar-refractivity contribution in [1.82, 2.24) is 0 Å². The smallest absolute Gasteiger partial charge is 0.459 e.